The average Bonchev–Trinajstić information content (AvgIpc) is 2.24. The Hall–Kier alpha value is -1.35. The van der Waals surface area contributed by atoms with Crippen LogP contribution in [0.1, 0.15) is 24.5 Å². The Balaban J connectivity index is 1.79. The molecule has 1 aromatic carbocycles. The molecule has 0 saturated carbocycles. The first-order valence-corrected chi connectivity index (χ1v) is 6.02. The lowest BCUT2D eigenvalue weighted by atomic mass is 9.96. The lowest BCUT2D eigenvalue weighted by Crippen LogP contribution is -2.61. The molecule has 1 saturated heterocycles. The lowest BCUT2D eigenvalue weighted by Gasteiger charge is -2.44. The summed E-state index contributed by atoms with van der Waals surface area (Å²) in [6.45, 7) is 4.76. The number of β-amino-alcohol motifs (C(OH)–C–C–N with tert-alkyl or cyclic N) is 1. The van der Waals surface area contributed by atoms with Crippen LogP contribution in [0.15, 0.2) is 24.3 Å². The second-order valence-corrected chi connectivity index (χ2v) is 5.23. The van der Waals surface area contributed by atoms with E-state index in [0.717, 1.165) is 6.42 Å². The maximum absolute atomic E-state index is 11.8. The number of benzene rings is 1. The summed E-state index contributed by atoms with van der Waals surface area (Å²) < 4.78 is 0. The van der Waals surface area contributed by atoms with E-state index in [0.29, 0.717) is 19.5 Å². The molecule has 1 fully saturated rings. The van der Waals surface area contributed by atoms with Crippen LogP contribution < -0.4 is 0 Å². The van der Waals surface area contributed by atoms with E-state index in [2.05, 4.69) is 31.2 Å². The highest BCUT2D eigenvalue weighted by Gasteiger charge is 2.38. The Bertz CT molecular complexity index is 401. The van der Waals surface area contributed by atoms with Crippen LogP contribution >= 0.6 is 0 Å². The van der Waals surface area contributed by atoms with Crippen molar-refractivity contribution in [2.45, 2.75) is 32.3 Å². The molecule has 0 aliphatic carbocycles. The maximum atomic E-state index is 11.8. The van der Waals surface area contributed by atoms with Crippen molar-refractivity contribution in [3.8, 4) is 0 Å². The van der Waals surface area contributed by atoms with Gasteiger partial charge < -0.3 is 10.0 Å². The molecule has 3 heteroatoms. The molecule has 0 bridgehead atoms. The molecule has 17 heavy (non-hydrogen) atoms. The molecule has 2 rings (SSSR count). The van der Waals surface area contributed by atoms with Crippen molar-refractivity contribution in [1.82, 2.24) is 4.90 Å². The third-order valence-corrected chi connectivity index (χ3v) is 3.16. The number of rotatable bonds is 3. The molecule has 0 spiro atoms. The fourth-order valence-corrected chi connectivity index (χ4v) is 2.12. The first-order chi connectivity index (χ1) is 7.96. The zero-order valence-corrected chi connectivity index (χ0v) is 10.4. The number of carbonyl (C=O) groups is 1. The predicted molar refractivity (Wildman–Crippen MR) is 66.7 cm³/mol. The Labute approximate surface area is 102 Å². The Morgan fingerprint density at radius 3 is 2.47 bits per heavy atom. The summed E-state index contributed by atoms with van der Waals surface area (Å²) in [5.74, 6) is 0.136. The minimum atomic E-state index is -0.667. The SMILES string of the molecule is Cc1ccc(CCC(=O)N2CC(C)(O)C2)cc1. The van der Waals surface area contributed by atoms with E-state index in [9.17, 15) is 9.90 Å². The summed E-state index contributed by atoms with van der Waals surface area (Å²) in [7, 11) is 0. The second-order valence-electron chi connectivity index (χ2n) is 5.23. The fraction of sp³-hybridized carbons (Fsp3) is 0.500. The van der Waals surface area contributed by atoms with Gasteiger partial charge in [-0.3, -0.25) is 4.79 Å². The van der Waals surface area contributed by atoms with E-state index in [1.807, 2.05) is 0 Å². The normalized spacial score (nSPS) is 17.7. The molecule has 1 N–H and O–H groups in total. The molecule has 92 valence electrons. The van der Waals surface area contributed by atoms with Gasteiger partial charge in [0.1, 0.15) is 0 Å². The molecule has 1 aliphatic rings. The van der Waals surface area contributed by atoms with E-state index < -0.39 is 5.60 Å². The predicted octanol–water partition coefficient (Wildman–Crippen LogP) is 1.52. The van der Waals surface area contributed by atoms with Gasteiger partial charge in [-0.05, 0) is 25.8 Å². The van der Waals surface area contributed by atoms with Crippen molar-refractivity contribution in [2.75, 3.05) is 13.1 Å². The van der Waals surface area contributed by atoms with Gasteiger partial charge in [0.05, 0.1) is 18.7 Å². The minimum absolute atomic E-state index is 0.136. The van der Waals surface area contributed by atoms with Crippen LogP contribution in [-0.2, 0) is 11.2 Å². The van der Waals surface area contributed by atoms with Crippen molar-refractivity contribution in [3.63, 3.8) is 0 Å². The third-order valence-electron chi connectivity index (χ3n) is 3.16. The zero-order valence-electron chi connectivity index (χ0n) is 10.4. The lowest BCUT2D eigenvalue weighted by molar-refractivity contribution is -0.152. The zero-order chi connectivity index (χ0) is 12.5. The van der Waals surface area contributed by atoms with Gasteiger partial charge in [-0.2, -0.15) is 0 Å². The Morgan fingerprint density at radius 2 is 1.94 bits per heavy atom. The van der Waals surface area contributed by atoms with E-state index >= 15 is 0 Å². The van der Waals surface area contributed by atoms with Crippen LogP contribution in [0.5, 0.6) is 0 Å². The molecule has 1 heterocycles. The summed E-state index contributed by atoms with van der Waals surface area (Å²) in [5.41, 5.74) is 1.76. The van der Waals surface area contributed by atoms with Crippen molar-refractivity contribution in [3.05, 3.63) is 35.4 Å². The standard InChI is InChI=1S/C14H19NO2/c1-11-3-5-12(6-4-11)7-8-13(16)15-9-14(2,17)10-15/h3-6,17H,7-10H2,1-2H3. The molecule has 0 atom stereocenters. The van der Waals surface area contributed by atoms with E-state index in [4.69, 9.17) is 0 Å². The number of likely N-dealkylation sites (tertiary alicyclic amines) is 1. The average molecular weight is 233 g/mol. The minimum Gasteiger partial charge on any atom is -0.386 e. The van der Waals surface area contributed by atoms with Crippen molar-refractivity contribution < 1.29 is 9.90 Å². The van der Waals surface area contributed by atoms with Crippen LogP contribution in [0, 0.1) is 6.92 Å². The van der Waals surface area contributed by atoms with Crippen LogP contribution in [0.25, 0.3) is 0 Å². The second kappa shape index (κ2) is 4.49. The van der Waals surface area contributed by atoms with Crippen molar-refractivity contribution in [2.24, 2.45) is 0 Å². The number of hydrogen-bond acceptors (Lipinski definition) is 2. The quantitative estimate of drug-likeness (QED) is 0.860. The third kappa shape index (κ3) is 3.07. The summed E-state index contributed by atoms with van der Waals surface area (Å²) >= 11 is 0. The van der Waals surface area contributed by atoms with E-state index in [1.165, 1.54) is 11.1 Å². The number of aryl methyl sites for hydroxylation is 2. The smallest absolute Gasteiger partial charge is 0.223 e. The number of nitrogens with zero attached hydrogens (tertiary/aromatic N) is 1. The number of carbonyl (C=O) groups excluding carboxylic acids is 1. The molecule has 1 aromatic rings. The molecular weight excluding hydrogens is 214 g/mol. The largest absolute Gasteiger partial charge is 0.386 e. The van der Waals surface area contributed by atoms with Gasteiger partial charge in [0.2, 0.25) is 5.91 Å². The summed E-state index contributed by atoms with van der Waals surface area (Å²) in [4.78, 5) is 13.5. The Morgan fingerprint density at radius 1 is 1.35 bits per heavy atom. The highest BCUT2D eigenvalue weighted by Crippen LogP contribution is 2.20. The number of amides is 1. The summed E-state index contributed by atoms with van der Waals surface area (Å²) in [5, 5.41) is 9.55. The molecule has 1 amide bonds. The fourth-order valence-electron chi connectivity index (χ4n) is 2.12. The molecular formula is C14H19NO2. The molecule has 1 aliphatic heterocycles. The summed E-state index contributed by atoms with van der Waals surface area (Å²) in [6.07, 6.45) is 1.30. The topological polar surface area (TPSA) is 40.5 Å². The highest BCUT2D eigenvalue weighted by atomic mass is 16.3. The van der Waals surface area contributed by atoms with Crippen LogP contribution in [-0.4, -0.2) is 34.6 Å². The first-order valence-electron chi connectivity index (χ1n) is 6.02. The van der Waals surface area contributed by atoms with Crippen molar-refractivity contribution in [1.29, 1.82) is 0 Å². The van der Waals surface area contributed by atoms with Gasteiger partial charge in [0, 0.05) is 6.42 Å². The van der Waals surface area contributed by atoms with Crippen LogP contribution in [0.4, 0.5) is 0 Å². The number of aliphatic hydroxyl groups is 1. The van der Waals surface area contributed by atoms with Crippen LogP contribution in [0.3, 0.4) is 0 Å². The molecule has 0 radical (unpaired) electrons. The van der Waals surface area contributed by atoms with Gasteiger partial charge in [0.15, 0.2) is 0 Å². The molecule has 0 unspecified atom stereocenters. The van der Waals surface area contributed by atoms with E-state index in [-0.39, 0.29) is 5.91 Å². The summed E-state index contributed by atoms with van der Waals surface area (Å²) in [6, 6.07) is 8.26. The number of hydrogen-bond donors (Lipinski definition) is 1. The van der Waals surface area contributed by atoms with Gasteiger partial charge in [0.25, 0.3) is 0 Å². The maximum Gasteiger partial charge on any atom is 0.223 e. The molecule has 3 nitrogen and oxygen atoms in total. The van der Waals surface area contributed by atoms with Gasteiger partial charge >= 0.3 is 0 Å². The Kier molecular flexibility index (Phi) is 3.20. The first kappa shape index (κ1) is 12.1. The van der Waals surface area contributed by atoms with E-state index in [1.54, 1.807) is 11.8 Å². The van der Waals surface area contributed by atoms with Crippen molar-refractivity contribution >= 4 is 5.91 Å². The van der Waals surface area contributed by atoms with Gasteiger partial charge in [-0.1, -0.05) is 29.8 Å². The van der Waals surface area contributed by atoms with Gasteiger partial charge in [-0.15, -0.1) is 0 Å². The van der Waals surface area contributed by atoms with Gasteiger partial charge in [-0.25, -0.2) is 0 Å². The highest BCUT2D eigenvalue weighted by molar-refractivity contribution is 5.77. The molecule has 0 aromatic heterocycles. The van der Waals surface area contributed by atoms with Crippen LogP contribution in [0.2, 0.25) is 0 Å². The monoisotopic (exact) mass is 233 g/mol.